The van der Waals surface area contributed by atoms with Crippen LogP contribution in [0.5, 0.6) is 0 Å². The monoisotopic (exact) mass is 764 g/mol. The molecule has 11 aromatic rings. The molecule has 0 N–H and O–H groups in total. The van der Waals surface area contributed by atoms with Crippen LogP contribution in [0.3, 0.4) is 0 Å². The molecule has 0 bridgehead atoms. The Hall–Kier alpha value is -7.94. The molecule has 1 heterocycles. The van der Waals surface area contributed by atoms with Gasteiger partial charge in [0.25, 0.3) is 0 Å². The Labute approximate surface area is 350 Å². The SMILES string of the molecule is c1ccc(-c2ccc(N(c3ccc(-c4ccccc4)c(-c4ccccc4)c3)c3ccc4c5ccccc5n(-c5c(-c6ccccc6)ccc6ccccc56)c4c3)cc2)cc1. The number of hydrogen-bond acceptors (Lipinski definition) is 1. The van der Waals surface area contributed by atoms with Gasteiger partial charge in [0.1, 0.15) is 0 Å². The number of para-hydroxylation sites is 1. The van der Waals surface area contributed by atoms with Crippen LogP contribution >= 0.6 is 0 Å². The van der Waals surface area contributed by atoms with E-state index in [1.165, 1.54) is 77.3 Å². The van der Waals surface area contributed by atoms with Crippen LogP contribution in [0, 0.1) is 0 Å². The second kappa shape index (κ2) is 15.1. The molecule has 0 aliphatic rings. The van der Waals surface area contributed by atoms with Crippen molar-refractivity contribution >= 4 is 49.6 Å². The van der Waals surface area contributed by atoms with Crippen molar-refractivity contribution < 1.29 is 0 Å². The molecular weight excluding hydrogens is 725 g/mol. The predicted octanol–water partition coefficient (Wildman–Crippen LogP) is 16.1. The van der Waals surface area contributed by atoms with Gasteiger partial charge in [0.2, 0.25) is 0 Å². The topological polar surface area (TPSA) is 8.17 Å². The van der Waals surface area contributed by atoms with Gasteiger partial charge in [-0.25, -0.2) is 0 Å². The maximum Gasteiger partial charge on any atom is 0.0618 e. The highest BCUT2D eigenvalue weighted by Gasteiger charge is 2.22. The number of aromatic nitrogens is 1. The fraction of sp³-hybridized carbons (Fsp3) is 0. The van der Waals surface area contributed by atoms with Gasteiger partial charge in [-0.2, -0.15) is 0 Å². The minimum absolute atomic E-state index is 1.08. The van der Waals surface area contributed by atoms with E-state index >= 15 is 0 Å². The molecule has 2 heteroatoms. The molecule has 0 aliphatic heterocycles. The third-order valence-corrected chi connectivity index (χ3v) is 11.8. The first-order valence-electron chi connectivity index (χ1n) is 20.6. The Morgan fingerprint density at radius 3 is 1.42 bits per heavy atom. The zero-order valence-corrected chi connectivity index (χ0v) is 33.0. The summed E-state index contributed by atoms with van der Waals surface area (Å²) in [5.41, 5.74) is 16.3. The van der Waals surface area contributed by atoms with Gasteiger partial charge in [-0.05, 0) is 86.8 Å². The van der Waals surface area contributed by atoms with Crippen LogP contribution < -0.4 is 4.90 Å². The Morgan fingerprint density at radius 2 is 0.733 bits per heavy atom. The van der Waals surface area contributed by atoms with E-state index in [0.29, 0.717) is 0 Å². The Kier molecular flexibility index (Phi) is 8.87. The lowest BCUT2D eigenvalue weighted by Gasteiger charge is -2.27. The van der Waals surface area contributed by atoms with E-state index in [9.17, 15) is 0 Å². The van der Waals surface area contributed by atoms with Crippen molar-refractivity contribution in [1.82, 2.24) is 4.57 Å². The summed E-state index contributed by atoms with van der Waals surface area (Å²) < 4.78 is 2.50. The lowest BCUT2D eigenvalue weighted by Crippen LogP contribution is -2.10. The number of benzene rings is 10. The molecule has 0 amide bonds. The molecule has 0 radical (unpaired) electrons. The minimum atomic E-state index is 1.08. The highest BCUT2D eigenvalue weighted by Crippen LogP contribution is 2.45. The highest BCUT2D eigenvalue weighted by molar-refractivity contribution is 6.13. The summed E-state index contributed by atoms with van der Waals surface area (Å²) in [5, 5.41) is 4.86. The van der Waals surface area contributed by atoms with Crippen molar-refractivity contribution in [3.05, 3.63) is 243 Å². The normalized spacial score (nSPS) is 11.3. The fourth-order valence-corrected chi connectivity index (χ4v) is 8.96. The van der Waals surface area contributed by atoms with Crippen LogP contribution in [0.15, 0.2) is 243 Å². The zero-order valence-electron chi connectivity index (χ0n) is 33.0. The summed E-state index contributed by atoms with van der Waals surface area (Å²) in [6, 6.07) is 88.0. The van der Waals surface area contributed by atoms with Crippen LogP contribution in [-0.4, -0.2) is 4.57 Å². The Morgan fingerprint density at radius 1 is 0.267 bits per heavy atom. The first kappa shape index (κ1) is 35.2. The molecule has 0 saturated carbocycles. The van der Waals surface area contributed by atoms with E-state index < -0.39 is 0 Å². The molecule has 10 aromatic carbocycles. The van der Waals surface area contributed by atoms with E-state index in [1.54, 1.807) is 0 Å². The second-order valence-electron chi connectivity index (χ2n) is 15.3. The van der Waals surface area contributed by atoms with Crippen LogP contribution in [-0.2, 0) is 0 Å². The maximum atomic E-state index is 2.50. The van der Waals surface area contributed by atoms with Gasteiger partial charge in [0.05, 0.1) is 16.7 Å². The molecule has 2 nitrogen and oxygen atoms in total. The summed E-state index contributed by atoms with van der Waals surface area (Å²) in [6.07, 6.45) is 0. The smallest absolute Gasteiger partial charge is 0.0618 e. The van der Waals surface area contributed by atoms with E-state index in [0.717, 1.165) is 22.6 Å². The molecule has 0 atom stereocenters. The van der Waals surface area contributed by atoms with E-state index in [4.69, 9.17) is 0 Å². The van der Waals surface area contributed by atoms with Gasteiger partial charge < -0.3 is 9.47 Å². The van der Waals surface area contributed by atoms with Gasteiger partial charge in [0.15, 0.2) is 0 Å². The van der Waals surface area contributed by atoms with Crippen molar-refractivity contribution in [2.45, 2.75) is 0 Å². The van der Waals surface area contributed by atoms with Crippen molar-refractivity contribution in [3.63, 3.8) is 0 Å². The van der Waals surface area contributed by atoms with Gasteiger partial charge in [-0.1, -0.05) is 200 Å². The number of rotatable bonds is 8. The van der Waals surface area contributed by atoms with Crippen LogP contribution in [0.2, 0.25) is 0 Å². The number of nitrogens with zero attached hydrogens (tertiary/aromatic N) is 2. The third kappa shape index (κ3) is 6.23. The average Bonchev–Trinajstić information content (AvgIpc) is 3.66. The van der Waals surface area contributed by atoms with Gasteiger partial charge >= 0.3 is 0 Å². The second-order valence-corrected chi connectivity index (χ2v) is 15.3. The average molecular weight is 765 g/mol. The molecule has 282 valence electrons. The van der Waals surface area contributed by atoms with Crippen LogP contribution in [0.4, 0.5) is 17.1 Å². The minimum Gasteiger partial charge on any atom is -0.310 e. The van der Waals surface area contributed by atoms with Crippen molar-refractivity contribution in [2.24, 2.45) is 0 Å². The number of fused-ring (bicyclic) bond motifs is 4. The van der Waals surface area contributed by atoms with Gasteiger partial charge in [-0.15, -0.1) is 0 Å². The first-order valence-corrected chi connectivity index (χ1v) is 20.6. The van der Waals surface area contributed by atoms with Crippen LogP contribution in [0.1, 0.15) is 0 Å². The number of hydrogen-bond donors (Lipinski definition) is 0. The molecule has 1 aromatic heterocycles. The summed E-state index contributed by atoms with van der Waals surface area (Å²) in [6.45, 7) is 0. The predicted molar refractivity (Wildman–Crippen MR) is 255 cm³/mol. The van der Waals surface area contributed by atoms with Gasteiger partial charge in [0, 0.05) is 38.8 Å². The first-order chi connectivity index (χ1) is 29.8. The molecule has 0 spiro atoms. The van der Waals surface area contributed by atoms with Crippen molar-refractivity contribution in [3.8, 4) is 50.2 Å². The summed E-state index contributed by atoms with van der Waals surface area (Å²) >= 11 is 0. The third-order valence-electron chi connectivity index (χ3n) is 11.8. The van der Waals surface area contributed by atoms with Crippen LogP contribution in [0.25, 0.3) is 82.8 Å². The fourth-order valence-electron chi connectivity index (χ4n) is 8.96. The van der Waals surface area contributed by atoms with Gasteiger partial charge in [-0.3, -0.25) is 0 Å². The molecule has 0 aliphatic carbocycles. The number of anilines is 3. The van der Waals surface area contributed by atoms with E-state index in [-0.39, 0.29) is 0 Å². The standard InChI is InChI=1S/C58H40N2/c1-5-17-41(18-6-1)42-29-32-47(33-30-42)59(48-34-37-50(43-19-7-2-8-20-43)55(39-48)45-23-11-4-12-24-45)49-35-38-54-53-27-15-16-28-56(53)60(57(54)40-49)58-51-26-14-13-25-46(51)31-36-52(58)44-21-9-3-10-22-44/h1-40H. The maximum absolute atomic E-state index is 2.50. The Bertz CT molecular complexity index is 3280. The van der Waals surface area contributed by atoms with Crippen molar-refractivity contribution in [2.75, 3.05) is 4.90 Å². The highest BCUT2D eigenvalue weighted by atomic mass is 15.1. The lowest BCUT2D eigenvalue weighted by atomic mass is 9.93. The quantitative estimate of drug-likeness (QED) is 0.150. The molecule has 0 saturated heterocycles. The molecule has 0 unspecified atom stereocenters. The molecule has 60 heavy (non-hydrogen) atoms. The van der Waals surface area contributed by atoms with E-state index in [2.05, 4.69) is 252 Å². The zero-order chi connectivity index (χ0) is 39.8. The van der Waals surface area contributed by atoms with Crippen molar-refractivity contribution in [1.29, 1.82) is 0 Å². The van der Waals surface area contributed by atoms with E-state index in [1.807, 2.05) is 0 Å². The largest absolute Gasteiger partial charge is 0.310 e. The molecular formula is C58H40N2. The summed E-state index contributed by atoms with van der Waals surface area (Å²) in [4.78, 5) is 2.42. The molecule has 11 rings (SSSR count). The lowest BCUT2D eigenvalue weighted by molar-refractivity contribution is 1.19. The Balaban J connectivity index is 1.18. The summed E-state index contributed by atoms with van der Waals surface area (Å²) in [5.74, 6) is 0. The molecule has 0 fully saturated rings. The summed E-state index contributed by atoms with van der Waals surface area (Å²) in [7, 11) is 0.